The Labute approximate surface area is 91.4 Å². The zero-order chi connectivity index (χ0) is 11.4. The lowest BCUT2D eigenvalue weighted by atomic mass is 10.1. The predicted octanol–water partition coefficient (Wildman–Crippen LogP) is 2.51. The molecule has 0 amide bonds. The summed E-state index contributed by atoms with van der Waals surface area (Å²) in [6, 6.07) is 12.7. The van der Waals surface area contributed by atoms with Crippen molar-refractivity contribution in [2.45, 2.75) is 0 Å². The number of benzene rings is 2. The molecule has 0 heterocycles. The highest BCUT2D eigenvalue weighted by atomic mass is 16.7. The maximum atomic E-state index is 11.0. The Kier molecular flexibility index (Phi) is 2.82. The van der Waals surface area contributed by atoms with Crippen LogP contribution in [0.25, 0.3) is 10.8 Å². The summed E-state index contributed by atoms with van der Waals surface area (Å²) in [6.07, 6.45) is -1.04. The first-order valence-electron chi connectivity index (χ1n) is 4.61. The smallest absolute Gasteiger partial charge is 0.394 e. The number of hydrogen-bond acceptors (Lipinski definition) is 4. The average molecular weight is 216 g/mol. The van der Waals surface area contributed by atoms with Crippen LogP contribution in [0.3, 0.4) is 0 Å². The molecule has 4 nitrogen and oxygen atoms in total. The van der Waals surface area contributed by atoms with Gasteiger partial charge in [0.1, 0.15) is 5.75 Å². The van der Waals surface area contributed by atoms with Gasteiger partial charge in [0.15, 0.2) is 0 Å². The third kappa shape index (κ3) is 2.00. The monoisotopic (exact) mass is 216 g/mol. The molecule has 0 aromatic heterocycles. The van der Waals surface area contributed by atoms with Gasteiger partial charge in [-0.25, -0.2) is 4.79 Å². The van der Waals surface area contributed by atoms with Crippen LogP contribution in [0.5, 0.6) is 5.75 Å². The number of carbonyl (C=O) groups is 2. The second kappa shape index (κ2) is 4.44. The Balaban J connectivity index is 2.37. The summed E-state index contributed by atoms with van der Waals surface area (Å²) in [5, 5.41) is 1.73. The lowest BCUT2D eigenvalue weighted by Gasteiger charge is -2.05. The number of rotatable bonds is 2. The summed E-state index contributed by atoms with van der Waals surface area (Å²) in [5.74, 6) is 0.366. The highest BCUT2D eigenvalue weighted by Gasteiger charge is 2.08. The Hall–Kier alpha value is -2.36. The molecular weight excluding hydrogens is 208 g/mol. The van der Waals surface area contributed by atoms with E-state index in [1.54, 1.807) is 12.1 Å². The minimum atomic E-state index is -1.04. The predicted molar refractivity (Wildman–Crippen MR) is 57.1 cm³/mol. The van der Waals surface area contributed by atoms with Crippen LogP contribution in [0, 0.1) is 0 Å². The molecule has 0 radical (unpaired) electrons. The van der Waals surface area contributed by atoms with Crippen LogP contribution in [0.2, 0.25) is 0 Å². The van der Waals surface area contributed by atoms with Gasteiger partial charge < -0.3 is 9.47 Å². The standard InChI is InChI=1S/C12H8O4/c13-8-15-12(14)16-11-7-3-5-9-4-1-2-6-10(9)11/h1-8H. The molecule has 2 rings (SSSR count). The molecule has 4 heteroatoms. The van der Waals surface area contributed by atoms with Crippen LogP contribution in [0.15, 0.2) is 42.5 Å². The molecule has 2 aromatic rings. The Bertz CT molecular complexity index is 528. The second-order valence-corrected chi connectivity index (χ2v) is 3.04. The Morgan fingerprint density at radius 2 is 1.81 bits per heavy atom. The first-order valence-corrected chi connectivity index (χ1v) is 4.61. The largest absolute Gasteiger partial charge is 0.521 e. The summed E-state index contributed by atoms with van der Waals surface area (Å²) in [7, 11) is 0. The van der Waals surface area contributed by atoms with Crippen LogP contribution in [0.1, 0.15) is 0 Å². The van der Waals surface area contributed by atoms with E-state index in [9.17, 15) is 9.59 Å². The van der Waals surface area contributed by atoms with Crippen molar-refractivity contribution < 1.29 is 19.1 Å². The molecule has 0 aliphatic heterocycles. The Morgan fingerprint density at radius 1 is 1.06 bits per heavy atom. The van der Waals surface area contributed by atoms with Crippen LogP contribution >= 0.6 is 0 Å². The van der Waals surface area contributed by atoms with Gasteiger partial charge in [-0.15, -0.1) is 0 Å². The first kappa shape index (κ1) is 10.2. The van der Waals surface area contributed by atoms with Gasteiger partial charge in [-0.1, -0.05) is 36.4 Å². The van der Waals surface area contributed by atoms with Gasteiger partial charge in [-0.2, -0.15) is 0 Å². The lowest BCUT2D eigenvalue weighted by Crippen LogP contribution is -2.09. The maximum Gasteiger partial charge on any atom is 0.521 e. The quantitative estimate of drug-likeness (QED) is 0.335. The number of hydrogen-bond donors (Lipinski definition) is 0. The van der Waals surface area contributed by atoms with Crippen LogP contribution in [0.4, 0.5) is 4.79 Å². The SMILES string of the molecule is O=COC(=O)Oc1cccc2ccccc12. The fourth-order valence-electron chi connectivity index (χ4n) is 1.44. The first-order chi connectivity index (χ1) is 7.81. The molecule has 0 N–H and O–H groups in total. The summed E-state index contributed by atoms with van der Waals surface area (Å²) >= 11 is 0. The minimum absolute atomic E-state index is 0.0352. The topological polar surface area (TPSA) is 52.6 Å². The molecule has 2 aromatic carbocycles. The zero-order valence-corrected chi connectivity index (χ0v) is 8.25. The van der Waals surface area contributed by atoms with Crippen molar-refractivity contribution in [2.24, 2.45) is 0 Å². The fourth-order valence-corrected chi connectivity index (χ4v) is 1.44. The highest BCUT2D eigenvalue weighted by Crippen LogP contribution is 2.25. The van der Waals surface area contributed by atoms with E-state index < -0.39 is 6.16 Å². The van der Waals surface area contributed by atoms with E-state index in [0.717, 1.165) is 10.8 Å². The van der Waals surface area contributed by atoms with Crippen LogP contribution < -0.4 is 4.74 Å². The molecule has 16 heavy (non-hydrogen) atoms. The average Bonchev–Trinajstić information content (AvgIpc) is 2.30. The van der Waals surface area contributed by atoms with Crippen molar-refractivity contribution in [3.05, 3.63) is 42.5 Å². The highest BCUT2D eigenvalue weighted by molar-refractivity contribution is 5.90. The van der Waals surface area contributed by atoms with Gasteiger partial charge in [-0.3, -0.25) is 4.79 Å². The van der Waals surface area contributed by atoms with E-state index in [2.05, 4.69) is 4.74 Å². The van der Waals surface area contributed by atoms with Gasteiger partial charge in [0.05, 0.1) is 0 Å². The van der Waals surface area contributed by atoms with Gasteiger partial charge in [0.2, 0.25) is 0 Å². The van der Waals surface area contributed by atoms with E-state index in [1.807, 2.05) is 30.3 Å². The van der Waals surface area contributed by atoms with Gasteiger partial charge in [-0.05, 0) is 11.5 Å². The fraction of sp³-hybridized carbons (Fsp3) is 0. The summed E-state index contributed by atoms with van der Waals surface area (Å²) in [4.78, 5) is 20.9. The summed E-state index contributed by atoms with van der Waals surface area (Å²) in [5.41, 5.74) is 0. The molecule has 0 saturated heterocycles. The number of carbonyl (C=O) groups excluding carboxylic acids is 2. The molecule has 0 aliphatic carbocycles. The summed E-state index contributed by atoms with van der Waals surface area (Å²) < 4.78 is 8.93. The van der Waals surface area contributed by atoms with Gasteiger partial charge >= 0.3 is 12.6 Å². The molecular formula is C12H8O4. The second-order valence-electron chi connectivity index (χ2n) is 3.04. The minimum Gasteiger partial charge on any atom is -0.394 e. The Morgan fingerprint density at radius 3 is 2.62 bits per heavy atom. The summed E-state index contributed by atoms with van der Waals surface area (Å²) in [6.45, 7) is 0.0352. The van der Waals surface area contributed by atoms with Crippen molar-refractivity contribution >= 4 is 23.4 Å². The molecule has 0 saturated carbocycles. The molecule has 0 spiro atoms. The number of fused-ring (bicyclic) bond motifs is 1. The van der Waals surface area contributed by atoms with Crippen molar-refractivity contribution in [1.29, 1.82) is 0 Å². The van der Waals surface area contributed by atoms with E-state index in [0.29, 0.717) is 5.75 Å². The molecule has 0 aliphatic rings. The molecule has 0 bridgehead atoms. The van der Waals surface area contributed by atoms with E-state index in [1.165, 1.54) is 0 Å². The molecule has 0 unspecified atom stereocenters. The zero-order valence-electron chi connectivity index (χ0n) is 8.25. The van der Waals surface area contributed by atoms with Crippen molar-refractivity contribution in [2.75, 3.05) is 0 Å². The lowest BCUT2D eigenvalue weighted by molar-refractivity contribution is -0.124. The molecule has 0 fully saturated rings. The van der Waals surface area contributed by atoms with Gasteiger partial charge in [0.25, 0.3) is 0 Å². The van der Waals surface area contributed by atoms with Crippen LogP contribution in [-0.2, 0) is 9.53 Å². The molecule has 80 valence electrons. The van der Waals surface area contributed by atoms with Crippen molar-refractivity contribution in [3.63, 3.8) is 0 Å². The number of ether oxygens (including phenoxy) is 2. The van der Waals surface area contributed by atoms with Crippen molar-refractivity contribution in [1.82, 2.24) is 0 Å². The van der Waals surface area contributed by atoms with Gasteiger partial charge in [0, 0.05) is 5.39 Å². The van der Waals surface area contributed by atoms with Crippen molar-refractivity contribution in [3.8, 4) is 5.75 Å². The maximum absolute atomic E-state index is 11.0. The van der Waals surface area contributed by atoms with E-state index >= 15 is 0 Å². The van der Waals surface area contributed by atoms with Crippen LogP contribution in [-0.4, -0.2) is 12.6 Å². The van der Waals surface area contributed by atoms with E-state index in [4.69, 9.17) is 4.74 Å². The third-order valence-electron chi connectivity index (χ3n) is 2.09. The third-order valence-corrected chi connectivity index (χ3v) is 2.09. The van der Waals surface area contributed by atoms with E-state index in [-0.39, 0.29) is 6.47 Å². The molecule has 0 atom stereocenters. The normalized spacial score (nSPS) is 9.75.